The number of carbonyl (C=O) groups is 3. The Kier molecular flexibility index (Phi) is 4.57. The molecule has 0 aromatic heterocycles. The number of nitrogens with one attached hydrogen (secondary N) is 1. The van der Waals surface area contributed by atoms with Gasteiger partial charge in [-0.2, -0.15) is 0 Å². The standard InChI is InChI=1S/C14H11Cl2NO3/c15-7-3-6-10(18)17-12-11(16)13(19)8-4-1-2-5-9(8)14(12)20/h1-2,4-5H,3,6-7H2,(H,17,18). The SMILES string of the molecule is O=C(CCCCl)NC1=C(Cl)C(=O)c2ccccc2C1=O. The van der Waals surface area contributed by atoms with Gasteiger partial charge in [0, 0.05) is 23.4 Å². The molecular weight excluding hydrogens is 301 g/mol. The lowest BCUT2D eigenvalue weighted by atomic mass is 9.92. The molecule has 1 aromatic rings. The molecule has 0 saturated heterocycles. The van der Waals surface area contributed by atoms with Crippen molar-refractivity contribution in [1.29, 1.82) is 0 Å². The van der Waals surface area contributed by atoms with Gasteiger partial charge >= 0.3 is 0 Å². The smallest absolute Gasteiger partial charge is 0.224 e. The van der Waals surface area contributed by atoms with E-state index in [0.29, 0.717) is 12.3 Å². The second kappa shape index (κ2) is 6.20. The molecule has 0 spiro atoms. The highest BCUT2D eigenvalue weighted by Gasteiger charge is 2.31. The number of fused-ring (bicyclic) bond motifs is 1. The molecule has 2 rings (SSSR count). The average molecular weight is 312 g/mol. The van der Waals surface area contributed by atoms with Crippen molar-refractivity contribution in [2.24, 2.45) is 0 Å². The third-order valence-electron chi connectivity index (χ3n) is 2.86. The normalized spacial score (nSPS) is 14.3. The van der Waals surface area contributed by atoms with E-state index in [1.165, 1.54) is 12.1 Å². The van der Waals surface area contributed by atoms with Gasteiger partial charge in [-0.3, -0.25) is 14.4 Å². The number of carbonyl (C=O) groups excluding carboxylic acids is 3. The second-order valence-corrected chi connectivity index (χ2v) is 4.99. The fraction of sp³-hybridized carbons (Fsp3) is 0.214. The van der Waals surface area contributed by atoms with Crippen molar-refractivity contribution >= 4 is 40.7 Å². The van der Waals surface area contributed by atoms with Crippen LogP contribution in [0, 0.1) is 0 Å². The summed E-state index contributed by atoms with van der Waals surface area (Å²) >= 11 is 11.4. The molecule has 0 unspecified atom stereocenters. The molecule has 0 aliphatic heterocycles. The predicted molar refractivity (Wildman–Crippen MR) is 76.1 cm³/mol. The molecule has 1 amide bonds. The monoisotopic (exact) mass is 311 g/mol. The molecule has 1 aliphatic carbocycles. The maximum atomic E-state index is 12.2. The van der Waals surface area contributed by atoms with Crippen molar-refractivity contribution < 1.29 is 14.4 Å². The van der Waals surface area contributed by atoms with E-state index in [1.54, 1.807) is 12.1 Å². The van der Waals surface area contributed by atoms with Gasteiger partial charge < -0.3 is 5.32 Å². The maximum Gasteiger partial charge on any atom is 0.224 e. The third-order valence-corrected chi connectivity index (χ3v) is 3.49. The lowest BCUT2D eigenvalue weighted by Crippen LogP contribution is -2.32. The van der Waals surface area contributed by atoms with Crippen LogP contribution in [-0.2, 0) is 4.79 Å². The van der Waals surface area contributed by atoms with Gasteiger partial charge in [-0.15, -0.1) is 11.6 Å². The number of alkyl halides is 1. The molecule has 0 bridgehead atoms. The maximum absolute atomic E-state index is 12.2. The minimum atomic E-state index is -0.463. The Morgan fingerprint density at radius 3 is 2.30 bits per heavy atom. The zero-order chi connectivity index (χ0) is 14.7. The summed E-state index contributed by atoms with van der Waals surface area (Å²) in [5, 5.41) is 2.15. The van der Waals surface area contributed by atoms with Crippen LogP contribution < -0.4 is 5.32 Å². The fourth-order valence-electron chi connectivity index (χ4n) is 1.89. The van der Waals surface area contributed by atoms with Crippen LogP contribution in [0.5, 0.6) is 0 Å². The van der Waals surface area contributed by atoms with Crippen LogP contribution in [0.4, 0.5) is 0 Å². The minimum Gasteiger partial charge on any atom is -0.321 e. The van der Waals surface area contributed by atoms with Gasteiger partial charge in [-0.05, 0) is 6.42 Å². The molecule has 0 atom stereocenters. The number of ketones is 2. The van der Waals surface area contributed by atoms with E-state index in [4.69, 9.17) is 23.2 Å². The summed E-state index contributed by atoms with van der Waals surface area (Å²) in [5.41, 5.74) is 0.339. The van der Waals surface area contributed by atoms with Crippen LogP contribution in [0.25, 0.3) is 0 Å². The molecule has 0 fully saturated rings. The van der Waals surface area contributed by atoms with E-state index in [9.17, 15) is 14.4 Å². The van der Waals surface area contributed by atoms with E-state index >= 15 is 0 Å². The number of Topliss-reactive ketones (excluding diaryl/α,β-unsaturated/α-hetero) is 2. The molecule has 0 radical (unpaired) electrons. The molecule has 6 heteroatoms. The van der Waals surface area contributed by atoms with Gasteiger partial charge in [0.25, 0.3) is 0 Å². The summed E-state index contributed by atoms with van der Waals surface area (Å²) in [7, 11) is 0. The summed E-state index contributed by atoms with van der Waals surface area (Å²) < 4.78 is 0. The Bertz CT molecular complexity index is 623. The van der Waals surface area contributed by atoms with Crippen LogP contribution in [-0.4, -0.2) is 23.4 Å². The number of rotatable bonds is 4. The van der Waals surface area contributed by atoms with Crippen LogP contribution in [0.3, 0.4) is 0 Å². The van der Waals surface area contributed by atoms with Crippen LogP contribution in [0.15, 0.2) is 35.0 Å². The zero-order valence-corrected chi connectivity index (χ0v) is 11.9. The number of amides is 1. The fourth-order valence-corrected chi connectivity index (χ4v) is 2.25. The van der Waals surface area contributed by atoms with Gasteiger partial charge in [0.1, 0.15) is 10.7 Å². The Labute approximate surface area is 125 Å². The highest BCUT2D eigenvalue weighted by Crippen LogP contribution is 2.27. The van der Waals surface area contributed by atoms with E-state index in [2.05, 4.69) is 5.32 Å². The third kappa shape index (κ3) is 2.76. The van der Waals surface area contributed by atoms with Crippen LogP contribution >= 0.6 is 23.2 Å². The van der Waals surface area contributed by atoms with E-state index in [-0.39, 0.29) is 34.2 Å². The van der Waals surface area contributed by atoms with Crippen molar-refractivity contribution in [2.45, 2.75) is 12.8 Å². The molecule has 1 N–H and O–H groups in total. The molecule has 0 heterocycles. The lowest BCUT2D eigenvalue weighted by Gasteiger charge is -2.18. The van der Waals surface area contributed by atoms with Crippen LogP contribution in [0.2, 0.25) is 0 Å². The number of benzene rings is 1. The largest absolute Gasteiger partial charge is 0.321 e. The highest BCUT2D eigenvalue weighted by atomic mass is 35.5. The van der Waals surface area contributed by atoms with Crippen molar-refractivity contribution in [1.82, 2.24) is 5.32 Å². The molecule has 1 aliphatic rings. The number of hydrogen-bond acceptors (Lipinski definition) is 3. The van der Waals surface area contributed by atoms with Crippen molar-refractivity contribution in [3.05, 3.63) is 46.1 Å². The van der Waals surface area contributed by atoms with Crippen molar-refractivity contribution in [3.63, 3.8) is 0 Å². The first-order valence-corrected chi connectivity index (χ1v) is 6.91. The predicted octanol–water partition coefficient (Wildman–Crippen LogP) is 2.65. The topological polar surface area (TPSA) is 63.2 Å². The van der Waals surface area contributed by atoms with Gasteiger partial charge in [-0.25, -0.2) is 0 Å². The van der Waals surface area contributed by atoms with E-state index < -0.39 is 11.6 Å². The summed E-state index contributed by atoms with van der Waals surface area (Å²) in [4.78, 5) is 36.0. The molecule has 1 aromatic carbocycles. The van der Waals surface area contributed by atoms with Crippen molar-refractivity contribution in [2.75, 3.05) is 5.88 Å². The first-order chi connectivity index (χ1) is 9.56. The van der Waals surface area contributed by atoms with Gasteiger partial charge in [-0.1, -0.05) is 35.9 Å². The molecule has 104 valence electrons. The molecule has 0 saturated carbocycles. The summed E-state index contributed by atoms with van der Waals surface area (Å²) in [5.74, 6) is -0.964. The Hall–Kier alpha value is -1.65. The van der Waals surface area contributed by atoms with Gasteiger partial charge in [0.15, 0.2) is 0 Å². The summed E-state index contributed by atoms with van der Waals surface area (Å²) in [6.45, 7) is 0. The molecular formula is C14H11Cl2NO3. The number of hydrogen-bond donors (Lipinski definition) is 1. The zero-order valence-electron chi connectivity index (χ0n) is 10.4. The molecule has 20 heavy (non-hydrogen) atoms. The van der Waals surface area contributed by atoms with Gasteiger partial charge in [0.2, 0.25) is 17.5 Å². The first kappa shape index (κ1) is 14.8. The Morgan fingerprint density at radius 2 is 1.70 bits per heavy atom. The second-order valence-electron chi connectivity index (χ2n) is 4.23. The molecule has 4 nitrogen and oxygen atoms in total. The summed E-state index contributed by atoms with van der Waals surface area (Å²) in [6.07, 6.45) is 0.650. The van der Waals surface area contributed by atoms with Gasteiger partial charge in [0.05, 0.1) is 0 Å². The van der Waals surface area contributed by atoms with Crippen LogP contribution in [0.1, 0.15) is 33.6 Å². The quantitative estimate of drug-likeness (QED) is 0.869. The summed E-state index contributed by atoms with van der Waals surface area (Å²) in [6, 6.07) is 6.36. The van der Waals surface area contributed by atoms with Crippen molar-refractivity contribution in [3.8, 4) is 0 Å². The number of allylic oxidation sites excluding steroid dienone is 2. The van der Waals surface area contributed by atoms with E-state index in [1.807, 2.05) is 0 Å². The highest BCUT2D eigenvalue weighted by molar-refractivity contribution is 6.50. The lowest BCUT2D eigenvalue weighted by molar-refractivity contribution is -0.120. The number of halogens is 2. The first-order valence-electron chi connectivity index (χ1n) is 6.00. The Morgan fingerprint density at radius 1 is 1.10 bits per heavy atom. The minimum absolute atomic E-state index is 0.157. The Balaban J connectivity index is 2.30. The average Bonchev–Trinajstić information content (AvgIpc) is 2.47. The van der Waals surface area contributed by atoms with E-state index in [0.717, 1.165) is 0 Å².